The van der Waals surface area contributed by atoms with Gasteiger partial charge in [-0.25, -0.2) is 4.58 Å². The third-order valence-electron chi connectivity index (χ3n) is 9.15. The molecule has 0 radical (unpaired) electrons. The maximum atomic E-state index is 11.2. The predicted molar refractivity (Wildman–Crippen MR) is 151 cm³/mol. The Morgan fingerprint density at radius 2 is 1.89 bits per heavy atom. The van der Waals surface area contributed by atoms with Gasteiger partial charge < -0.3 is 21.3 Å². The molecule has 5 nitrogen and oxygen atoms in total. The number of hydrogen-bond acceptors (Lipinski definition) is 4. The molecule has 4 aliphatic rings. The van der Waals surface area contributed by atoms with E-state index in [0.29, 0.717) is 17.8 Å². The van der Waals surface area contributed by atoms with Gasteiger partial charge in [0.15, 0.2) is 6.04 Å². The first-order valence-electron chi connectivity index (χ1n) is 14.2. The molecule has 0 amide bonds. The fraction of sp³-hybridized carbons (Fsp3) is 0.656. The van der Waals surface area contributed by atoms with Crippen molar-refractivity contribution in [1.82, 2.24) is 5.32 Å². The van der Waals surface area contributed by atoms with Gasteiger partial charge in [0.05, 0.1) is 5.70 Å². The van der Waals surface area contributed by atoms with Crippen LogP contribution in [0.3, 0.4) is 0 Å². The smallest absolute Gasteiger partial charge is 0.281 e. The molecule has 0 spiro atoms. The quantitative estimate of drug-likeness (QED) is 0.185. The SMILES string of the molecule is C=[N+](C1CCC(C2C3=C(C#C[C@@H]2O)NCC(C(C)(C)C)C=C3N)CC1)[C@@H](O)C1=C(C)C(CC(C)C)C=C1. The topological polar surface area (TPSA) is 81.5 Å². The third kappa shape index (κ3) is 5.76. The van der Waals surface area contributed by atoms with E-state index in [0.717, 1.165) is 61.2 Å². The number of hydrogen-bond donors (Lipinski definition) is 4. The maximum Gasteiger partial charge on any atom is 0.281 e. The molecule has 0 saturated heterocycles. The minimum absolute atomic E-state index is 0.0847. The zero-order chi connectivity index (χ0) is 27.1. The van der Waals surface area contributed by atoms with E-state index in [1.54, 1.807) is 0 Å². The predicted octanol–water partition coefficient (Wildman–Crippen LogP) is 4.48. The van der Waals surface area contributed by atoms with Crippen LogP contribution < -0.4 is 11.1 Å². The van der Waals surface area contributed by atoms with Gasteiger partial charge >= 0.3 is 0 Å². The number of allylic oxidation sites excluding steroid dienone is 4. The molecule has 3 aliphatic carbocycles. The normalized spacial score (nSPS) is 32.8. The molecule has 202 valence electrons. The van der Waals surface area contributed by atoms with E-state index in [-0.39, 0.29) is 23.3 Å². The Hall–Kier alpha value is -2.29. The highest BCUT2D eigenvalue weighted by Gasteiger charge is 2.42. The van der Waals surface area contributed by atoms with Crippen LogP contribution in [0.15, 0.2) is 46.3 Å². The maximum absolute atomic E-state index is 11.2. The molecule has 5 heteroatoms. The number of nitrogens with one attached hydrogen (secondary N) is 1. The summed E-state index contributed by atoms with van der Waals surface area (Å²) in [4.78, 5) is 0. The highest BCUT2D eigenvalue weighted by Crippen LogP contribution is 2.42. The summed E-state index contributed by atoms with van der Waals surface area (Å²) < 4.78 is 1.91. The Morgan fingerprint density at radius 1 is 1.22 bits per heavy atom. The van der Waals surface area contributed by atoms with Gasteiger partial charge in [0.2, 0.25) is 0 Å². The molecule has 1 fully saturated rings. The van der Waals surface area contributed by atoms with Crippen molar-refractivity contribution in [2.45, 2.75) is 92.0 Å². The van der Waals surface area contributed by atoms with Crippen molar-refractivity contribution in [2.75, 3.05) is 6.54 Å². The van der Waals surface area contributed by atoms with Gasteiger partial charge in [-0.3, -0.25) is 0 Å². The second-order valence-electron chi connectivity index (χ2n) is 13.2. The highest BCUT2D eigenvalue weighted by atomic mass is 16.3. The van der Waals surface area contributed by atoms with Crippen LogP contribution in [0.1, 0.15) is 73.6 Å². The van der Waals surface area contributed by atoms with Crippen molar-refractivity contribution in [3.05, 3.63) is 46.3 Å². The Bertz CT molecular complexity index is 1080. The van der Waals surface area contributed by atoms with E-state index in [2.05, 4.69) is 83.6 Å². The monoisotopic (exact) mass is 506 g/mol. The molecule has 1 saturated carbocycles. The summed E-state index contributed by atoms with van der Waals surface area (Å²) in [5.74, 6) is 7.74. The first-order chi connectivity index (χ1) is 17.4. The molecule has 3 unspecified atom stereocenters. The van der Waals surface area contributed by atoms with Gasteiger partial charge in [-0.2, -0.15) is 0 Å². The number of aliphatic hydroxyl groups excluding tert-OH is 2. The second kappa shape index (κ2) is 10.8. The van der Waals surface area contributed by atoms with E-state index in [1.807, 2.05) is 4.58 Å². The third-order valence-corrected chi connectivity index (χ3v) is 9.15. The molecule has 37 heavy (non-hydrogen) atoms. The Balaban J connectivity index is 1.45. The molecule has 0 bridgehead atoms. The van der Waals surface area contributed by atoms with E-state index < -0.39 is 12.3 Å². The summed E-state index contributed by atoms with van der Waals surface area (Å²) >= 11 is 0. The van der Waals surface area contributed by atoms with E-state index >= 15 is 0 Å². The molecule has 1 aliphatic heterocycles. The van der Waals surface area contributed by atoms with Gasteiger partial charge in [-0.1, -0.05) is 64.3 Å². The van der Waals surface area contributed by atoms with E-state index in [4.69, 9.17) is 5.73 Å². The summed E-state index contributed by atoms with van der Waals surface area (Å²) in [7, 11) is 0. The van der Waals surface area contributed by atoms with Crippen molar-refractivity contribution in [3.8, 4) is 11.8 Å². The van der Waals surface area contributed by atoms with Crippen molar-refractivity contribution in [1.29, 1.82) is 0 Å². The largest absolute Gasteiger partial charge is 0.399 e. The average molecular weight is 507 g/mol. The van der Waals surface area contributed by atoms with Crippen LogP contribution >= 0.6 is 0 Å². The Labute approximate surface area is 224 Å². The lowest BCUT2D eigenvalue weighted by atomic mass is 9.70. The van der Waals surface area contributed by atoms with Crippen molar-refractivity contribution >= 4 is 6.72 Å². The van der Waals surface area contributed by atoms with Crippen LogP contribution in [-0.2, 0) is 0 Å². The first-order valence-corrected chi connectivity index (χ1v) is 14.2. The van der Waals surface area contributed by atoms with Gasteiger partial charge in [0.1, 0.15) is 12.8 Å². The van der Waals surface area contributed by atoms with Crippen LogP contribution in [0.4, 0.5) is 0 Å². The van der Waals surface area contributed by atoms with Crippen LogP contribution in [0.25, 0.3) is 0 Å². The molecule has 0 aromatic heterocycles. The zero-order valence-electron chi connectivity index (χ0n) is 23.7. The lowest BCUT2D eigenvalue weighted by Crippen LogP contribution is -2.41. The van der Waals surface area contributed by atoms with Crippen molar-refractivity contribution in [2.24, 2.45) is 40.7 Å². The van der Waals surface area contributed by atoms with Crippen LogP contribution in [0.2, 0.25) is 0 Å². The molecule has 0 aromatic rings. The van der Waals surface area contributed by atoms with Gasteiger partial charge in [-0.15, -0.1) is 0 Å². The minimum atomic E-state index is -0.712. The summed E-state index contributed by atoms with van der Waals surface area (Å²) in [6.45, 7) is 18.4. The summed E-state index contributed by atoms with van der Waals surface area (Å²) in [6, 6.07) is 0.204. The fourth-order valence-corrected chi connectivity index (χ4v) is 6.66. The molecular formula is C32H48N3O2+. The fourth-order valence-electron chi connectivity index (χ4n) is 6.66. The number of aliphatic hydroxyl groups is 2. The molecular weight excluding hydrogens is 458 g/mol. The Kier molecular flexibility index (Phi) is 8.12. The number of nitrogens with two attached hydrogens (primary N) is 1. The lowest BCUT2D eigenvalue weighted by molar-refractivity contribution is -0.626. The zero-order valence-corrected chi connectivity index (χ0v) is 23.7. The summed E-state index contributed by atoms with van der Waals surface area (Å²) in [5.41, 5.74) is 11.7. The molecule has 4 rings (SSSR count). The van der Waals surface area contributed by atoms with Gasteiger partial charge in [0.25, 0.3) is 6.23 Å². The molecule has 5 N–H and O–H groups in total. The molecule has 5 atom stereocenters. The summed E-state index contributed by atoms with van der Waals surface area (Å²) in [6.07, 6.45) is 9.97. The van der Waals surface area contributed by atoms with E-state index in [9.17, 15) is 10.2 Å². The highest BCUT2D eigenvalue weighted by molar-refractivity contribution is 5.50. The second-order valence-corrected chi connectivity index (χ2v) is 13.2. The van der Waals surface area contributed by atoms with Crippen molar-refractivity contribution in [3.63, 3.8) is 0 Å². The number of nitrogens with zero attached hydrogens (tertiary/aromatic N) is 1. The average Bonchev–Trinajstić information content (AvgIpc) is 3.09. The lowest BCUT2D eigenvalue weighted by Gasteiger charge is -2.37. The van der Waals surface area contributed by atoms with Crippen LogP contribution in [-0.4, -0.2) is 46.4 Å². The minimum Gasteiger partial charge on any atom is -0.399 e. The standard InChI is InChI=1S/C32H48N3O2/c1-19(2)16-22-10-13-25(20(22)3)31(37)35(7)24-11-8-21(9-12-24)29-28(36)15-14-27-30(29)26(33)17-23(18-34-27)32(4,5)6/h10,13,17,19,21-24,28-29,31,34,36-37H,7-9,11-12,16,18,33H2,1-6H3/q+1/t21?,22?,23?,24?,28-,29?,31-/m0/s1. The van der Waals surface area contributed by atoms with Gasteiger partial charge in [0, 0.05) is 48.1 Å². The summed E-state index contributed by atoms with van der Waals surface area (Å²) in [5, 5.41) is 25.8. The first kappa shape index (κ1) is 27.7. The van der Waals surface area contributed by atoms with Crippen molar-refractivity contribution < 1.29 is 14.8 Å². The number of rotatable bonds is 6. The van der Waals surface area contributed by atoms with Gasteiger partial charge in [-0.05, 0) is 55.3 Å². The molecule has 0 aromatic carbocycles. The Morgan fingerprint density at radius 3 is 2.51 bits per heavy atom. The van der Waals surface area contributed by atoms with Crippen LogP contribution in [0.5, 0.6) is 0 Å². The molecule has 1 heterocycles. The van der Waals surface area contributed by atoms with Crippen LogP contribution in [0, 0.1) is 46.8 Å². The van der Waals surface area contributed by atoms with E-state index in [1.165, 1.54) is 5.57 Å².